The van der Waals surface area contributed by atoms with E-state index in [2.05, 4.69) is 9.84 Å². The van der Waals surface area contributed by atoms with E-state index in [0.29, 0.717) is 5.56 Å². The van der Waals surface area contributed by atoms with E-state index in [1.54, 1.807) is 33.8 Å². The number of halogens is 2. The molecule has 1 atom stereocenters. The van der Waals surface area contributed by atoms with Crippen LogP contribution in [0.2, 0.25) is 0 Å². The molecule has 2 aromatic rings. The summed E-state index contributed by atoms with van der Waals surface area (Å²) in [5, 5.41) is 3.83. The number of benzene rings is 1. The molecule has 0 radical (unpaired) electrons. The maximum atomic E-state index is 13.8. The predicted octanol–water partition coefficient (Wildman–Crippen LogP) is 3.71. The minimum absolute atomic E-state index is 0.0895. The zero-order valence-corrected chi connectivity index (χ0v) is 22.2. The number of ether oxygens (including phenoxy) is 3. The Hall–Kier alpha value is -3.22. The van der Waals surface area contributed by atoms with Gasteiger partial charge in [0.15, 0.2) is 4.90 Å². The number of Topliss-reactive ketones (excluding diaryl/α,β-unsaturated/α-hetero) is 1. The van der Waals surface area contributed by atoms with Crippen molar-refractivity contribution < 1.29 is 41.0 Å². The van der Waals surface area contributed by atoms with Crippen molar-refractivity contribution in [1.82, 2.24) is 9.78 Å². The van der Waals surface area contributed by atoms with Crippen molar-refractivity contribution in [3.63, 3.8) is 0 Å². The first kappa shape index (κ1) is 28.4. The lowest BCUT2D eigenvalue weighted by molar-refractivity contribution is -0.153. The van der Waals surface area contributed by atoms with Crippen LogP contribution in [-0.4, -0.2) is 54.8 Å². The molecule has 0 spiro atoms. The Bertz CT molecular complexity index is 1260. The fourth-order valence-electron chi connectivity index (χ4n) is 3.76. The van der Waals surface area contributed by atoms with Gasteiger partial charge < -0.3 is 19.0 Å². The molecular formula is C24H31F2N3O7S. The molecule has 0 N–H and O–H groups in total. The van der Waals surface area contributed by atoms with Gasteiger partial charge in [-0.25, -0.2) is 8.42 Å². The van der Waals surface area contributed by atoms with Crippen LogP contribution in [0.15, 0.2) is 29.3 Å². The zero-order chi connectivity index (χ0) is 27.5. The Balaban J connectivity index is 2.05. The maximum Gasteiger partial charge on any atom is 0.388 e. The number of ketones is 1. The van der Waals surface area contributed by atoms with Crippen LogP contribution in [0.1, 0.15) is 53.0 Å². The molecule has 204 valence electrons. The Labute approximate surface area is 214 Å². The number of carbonyl (C=O) groups is 2. The van der Waals surface area contributed by atoms with Gasteiger partial charge >= 0.3 is 12.6 Å². The van der Waals surface area contributed by atoms with Gasteiger partial charge in [-0.3, -0.25) is 13.8 Å². The van der Waals surface area contributed by atoms with Crippen molar-refractivity contribution in [2.45, 2.75) is 83.6 Å². The first-order chi connectivity index (χ1) is 17.2. The first-order valence-corrected chi connectivity index (χ1v) is 13.2. The summed E-state index contributed by atoms with van der Waals surface area (Å²) in [4.78, 5) is 23.4. The van der Waals surface area contributed by atoms with E-state index in [1.807, 2.05) is 0 Å². The summed E-state index contributed by atoms with van der Waals surface area (Å²) in [5.74, 6) is -1.12. The summed E-state index contributed by atoms with van der Waals surface area (Å²) in [7, 11) is -4.48. The summed E-state index contributed by atoms with van der Waals surface area (Å²) < 4.78 is 71.6. The smallest absolute Gasteiger partial charge is 0.388 e. The van der Waals surface area contributed by atoms with Gasteiger partial charge in [0.25, 0.3) is 15.9 Å². The van der Waals surface area contributed by atoms with Gasteiger partial charge in [-0.1, -0.05) is 6.07 Å². The molecule has 0 saturated carbocycles. The van der Waals surface area contributed by atoms with Gasteiger partial charge in [0.2, 0.25) is 0 Å². The number of nitrogens with zero attached hydrogens (tertiary/aromatic N) is 3. The second-order valence-corrected chi connectivity index (χ2v) is 11.4. The van der Waals surface area contributed by atoms with Crippen molar-refractivity contribution in [1.29, 1.82) is 0 Å². The number of aryl methyl sites for hydroxylation is 1. The molecule has 1 aromatic heterocycles. The first-order valence-electron chi connectivity index (χ1n) is 11.8. The minimum atomic E-state index is -4.48. The highest BCUT2D eigenvalue weighted by Gasteiger charge is 2.38. The molecular weight excluding hydrogens is 512 g/mol. The van der Waals surface area contributed by atoms with Crippen LogP contribution >= 0.6 is 0 Å². The second-order valence-electron chi connectivity index (χ2n) is 9.61. The molecule has 0 aliphatic carbocycles. The average molecular weight is 544 g/mol. The van der Waals surface area contributed by atoms with Crippen molar-refractivity contribution >= 4 is 27.5 Å². The van der Waals surface area contributed by atoms with Crippen LogP contribution in [0, 0.1) is 0 Å². The van der Waals surface area contributed by atoms with E-state index in [9.17, 15) is 26.8 Å². The molecule has 1 aliphatic rings. The van der Waals surface area contributed by atoms with Crippen molar-refractivity contribution in [3.05, 3.63) is 30.0 Å². The Kier molecular flexibility index (Phi) is 8.45. The molecule has 13 heteroatoms. The zero-order valence-electron chi connectivity index (χ0n) is 21.4. The summed E-state index contributed by atoms with van der Waals surface area (Å²) in [6.07, 6.45) is 0.730. The number of sulfonamides is 1. The molecule has 1 aliphatic heterocycles. The van der Waals surface area contributed by atoms with Crippen LogP contribution < -0.4 is 13.8 Å². The normalized spacial score (nSPS) is 15.8. The summed E-state index contributed by atoms with van der Waals surface area (Å²) in [5.41, 5.74) is -0.117. The maximum absolute atomic E-state index is 13.8. The largest absolute Gasteiger partial charge is 0.486 e. The van der Waals surface area contributed by atoms with E-state index >= 15 is 0 Å². The molecule has 0 unspecified atom stereocenters. The number of carbonyl (C=O) groups excluding carboxylic acids is 2. The summed E-state index contributed by atoms with van der Waals surface area (Å²) >= 11 is 0. The number of alkyl halides is 2. The van der Waals surface area contributed by atoms with E-state index in [-0.39, 0.29) is 49.6 Å². The third-order valence-corrected chi connectivity index (χ3v) is 7.09. The van der Waals surface area contributed by atoms with Gasteiger partial charge in [0, 0.05) is 19.2 Å². The van der Waals surface area contributed by atoms with E-state index in [0.717, 1.165) is 10.5 Å². The lowest BCUT2D eigenvalue weighted by atomic mass is 10.1. The fourth-order valence-corrected chi connectivity index (χ4v) is 5.33. The van der Waals surface area contributed by atoms with Gasteiger partial charge in [0.1, 0.15) is 23.2 Å². The Morgan fingerprint density at radius 1 is 1.27 bits per heavy atom. The van der Waals surface area contributed by atoms with Crippen molar-refractivity contribution in [2.24, 2.45) is 0 Å². The monoisotopic (exact) mass is 543 g/mol. The molecule has 0 fully saturated rings. The standard InChI is InChI=1S/C24H31F2N3O7S/c1-6-28-14-20(22(27-28)35-23(25)26)37(32,33)29-13-17(9-7-15(2)30)34-19-10-8-16(11-18(19)29)12-21(31)36-24(3,4)5/h8,10-11,14,17,23H,6-7,9,12-13H2,1-5H3/t17-/m0/s1. The highest BCUT2D eigenvalue weighted by molar-refractivity contribution is 7.93. The van der Waals surface area contributed by atoms with Gasteiger partial charge in [-0.2, -0.15) is 8.78 Å². The lowest BCUT2D eigenvalue weighted by Gasteiger charge is -2.35. The number of hydrogen-bond donors (Lipinski definition) is 0. The van der Waals surface area contributed by atoms with Crippen LogP contribution in [0.25, 0.3) is 0 Å². The minimum Gasteiger partial charge on any atom is -0.486 e. The highest BCUT2D eigenvalue weighted by Crippen LogP contribution is 2.40. The number of anilines is 1. The topological polar surface area (TPSA) is 117 Å². The highest BCUT2D eigenvalue weighted by atomic mass is 32.2. The number of aromatic nitrogens is 2. The third kappa shape index (κ3) is 7.18. The van der Waals surface area contributed by atoms with Crippen LogP contribution in [0.5, 0.6) is 11.6 Å². The Morgan fingerprint density at radius 3 is 2.57 bits per heavy atom. The third-order valence-electron chi connectivity index (χ3n) is 5.33. The van der Waals surface area contributed by atoms with Crippen LogP contribution in [0.4, 0.5) is 14.5 Å². The second kappa shape index (κ2) is 11.0. The lowest BCUT2D eigenvalue weighted by Crippen LogP contribution is -2.43. The number of fused-ring (bicyclic) bond motifs is 1. The average Bonchev–Trinajstić information content (AvgIpc) is 3.18. The molecule has 10 nitrogen and oxygen atoms in total. The number of rotatable bonds is 10. The molecule has 1 aromatic carbocycles. The quantitative estimate of drug-likeness (QED) is 0.417. The molecule has 0 saturated heterocycles. The van der Waals surface area contributed by atoms with Gasteiger partial charge in [-0.05, 0) is 58.7 Å². The summed E-state index contributed by atoms with van der Waals surface area (Å²) in [6.45, 7) is 5.03. The van der Waals surface area contributed by atoms with E-state index in [4.69, 9.17) is 9.47 Å². The predicted molar refractivity (Wildman–Crippen MR) is 129 cm³/mol. The molecule has 37 heavy (non-hydrogen) atoms. The van der Waals surface area contributed by atoms with Crippen molar-refractivity contribution in [3.8, 4) is 11.6 Å². The van der Waals surface area contributed by atoms with E-state index in [1.165, 1.54) is 23.7 Å². The fraction of sp³-hybridized carbons (Fsp3) is 0.542. The van der Waals surface area contributed by atoms with Crippen LogP contribution in [-0.2, 0) is 37.3 Å². The molecule has 3 rings (SSSR count). The van der Waals surface area contributed by atoms with E-state index < -0.39 is 45.1 Å². The molecule has 2 heterocycles. The number of hydrogen-bond acceptors (Lipinski definition) is 8. The summed E-state index contributed by atoms with van der Waals surface area (Å²) in [6, 6.07) is 4.63. The molecule has 0 amide bonds. The van der Waals surface area contributed by atoms with Crippen LogP contribution in [0.3, 0.4) is 0 Å². The van der Waals surface area contributed by atoms with Crippen molar-refractivity contribution in [2.75, 3.05) is 10.8 Å². The SMILES string of the molecule is CCn1cc(S(=O)(=O)N2C[C@H](CCC(C)=O)Oc3ccc(CC(=O)OC(C)(C)C)cc32)c(OC(F)F)n1. The molecule has 0 bridgehead atoms. The van der Waals surface area contributed by atoms with Gasteiger partial charge in [-0.15, -0.1) is 5.10 Å². The van der Waals surface area contributed by atoms with Gasteiger partial charge in [0.05, 0.1) is 18.7 Å². The number of esters is 1. The Morgan fingerprint density at radius 2 is 1.97 bits per heavy atom.